The lowest BCUT2D eigenvalue weighted by molar-refractivity contribution is -0.0710. The van der Waals surface area contributed by atoms with Gasteiger partial charge in [-0.25, -0.2) is 0 Å². The van der Waals surface area contributed by atoms with Gasteiger partial charge in [0.1, 0.15) is 0 Å². The molecule has 3 unspecified atom stereocenters. The van der Waals surface area contributed by atoms with E-state index < -0.39 is 11.7 Å². The molecule has 2 fully saturated rings. The van der Waals surface area contributed by atoms with E-state index in [2.05, 4.69) is 0 Å². The molecule has 0 spiro atoms. The van der Waals surface area contributed by atoms with Crippen LogP contribution in [0.2, 0.25) is 0 Å². The van der Waals surface area contributed by atoms with Gasteiger partial charge in [0.15, 0.2) is 0 Å². The zero-order chi connectivity index (χ0) is 7.90. The van der Waals surface area contributed by atoms with Crippen LogP contribution in [0.3, 0.4) is 0 Å². The normalized spacial score (nSPS) is 50.7. The molecule has 2 bridgehead atoms. The maximum atomic E-state index is 9.92. The predicted octanol–water partition coefficient (Wildman–Crippen LogP) is 1.06. The fraction of sp³-hybridized carbons (Fsp3) is 1.00. The largest absolute Gasteiger partial charge is 0.390 e. The maximum absolute atomic E-state index is 9.92. The fourth-order valence-electron chi connectivity index (χ4n) is 2.58. The van der Waals surface area contributed by atoms with Gasteiger partial charge in [-0.2, -0.15) is 0 Å². The average molecular weight is 156 g/mol. The van der Waals surface area contributed by atoms with Crippen LogP contribution in [0.1, 0.15) is 38.5 Å². The van der Waals surface area contributed by atoms with Gasteiger partial charge < -0.3 is 10.2 Å². The number of rotatable bonds is 0. The fourth-order valence-corrected chi connectivity index (χ4v) is 2.58. The lowest BCUT2D eigenvalue weighted by atomic mass is 9.93. The molecule has 0 aromatic rings. The molecule has 0 amide bonds. The predicted molar refractivity (Wildman–Crippen MR) is 42.1 cm³/mol. The number of aliphatic hydroxyl groups is 2. The highest BCUT2D eigenvalue weighted by molar-refractivity contribution is 4.96. The number of hydrogen-bond donors (Lipinski definition) is 2. The third-order valence-electron chi connectivity index (χ3n) is 3.34. The molecule has 64 valence electrons. The highest BCUT2D eigenvalue weighted by Gasteiger charge is 2.44. The van der Waals surface area contributed by atoms with Gasteiger partial charge in [0.25, 0.3) is 0 Å². The average Bonchev–Trinajstić information content (AvgIpc) is 2.26. The van der Waals surface area contributed by atoms with Crippen LogP contribution in [-0.2, 0) is 0 Å². The lowest BCUT2D eigenvalue weighted by Gasteiger charge is -2.27. The molecule has 2 aliphatic carbocycles. The van der Waals surface area contributed by atoms with Crippen LogP contribution in [-0.4, -0.2) is 21.9 Å². The van der Waals surface area contributed by atoms with E-state index in [4.69, 9.17) is 0 Å². The molecule has 0 radical (unpaired) electrons. The third kappa shape index (κ3) is 1.18. The van der Waals surface area contributed by atoms with Crippen molar-refractivity contribution in [3.63, 3.8) is 0 Å². The number of hydrogen-bond acceptors (Lipinski definition) is 2. The van der Waals surface area contributed by atoms with Crippen LogP contribution in [0, 0.1) is 5.92 Å². The molecule has 11 heavy (non-hydrogen) atoms. The summed E-state index contributed by atoms with van der Waals surface area (Å²) in [4.78, 5) is 0. The second kappa shape index (κ2) is 2.46. The van der Waals surface area contributed by atoms with E-state index in [-0.39, 0.29) is 0 Å². The van der Waals surface area contributed by atoms with E-state index >= 15 is 0 Å². The van der Waals surface area contributed by atoms with Crippen molar-refractivity contribution in [2.24, 2.45) is 5.92 Å². The van der Waals surface area contributed by atoms with Crippen molar-refractivity contribution in [1.82, 2.24) is 0 Å². The first kappa shape index (κ1) is 7.56. The number of fused-ring (bicyclic) bond motifs is 2. The van der Waals surface area contributed by atoms with Crippen molar-refractivity contribution in [3.05, 3.63) is 0 Å². The van der Waals surface area contributed by atoms with Crippen LogP contribution >= 0.6 is 0 Å². The second-order valence-corrected chi connectivity index (χ2v) is 4.16. The number of aliphatic hydroxyl groups excluding tert-OH is 1. The summed E-state index contributed by atoms with van der Waals surface area (Å²) >= 11 is 0. The van der Waals surface area contributed by atoms with Crippen molar-refractivity contribution in [3.8, 4) is 0 Å². The van der Waals surface area contributed by atoms with Gasteiger partial charge in [0.05, 0.1) is 11.7 Å². The Bertz CT molecular complexity index is 156. The molecule has 2 nitrogen and oxygen atoms in total. The van der Waals surface area contributed by atoms with Crippen LogP contribution in [0.5, 0.6) is 0 Å². The first-order chi connectivity index (χ1) is 5.21. The summed E-state index contributed by atoms with van der Waals surface area (Å²) in [5, 5.41) is 19.5. The Morgan fingerprint density at radius 1 is 1.18 bits per heavy atom. The molecule has 0 aromatic carbocycles. The summed E-state index contributed by atoms with van der Waals surface area (Å²) in [6, 6.07) is 0. The summed E-state index contributed by atoms with van der Waals surface area (Å²) in [6.07, 6.45) is 5.43. The van der Waals surface area contributed by atoms with Gasteiger partial charge in [0, 0.05) is 0 Å². The minimum Gasteiger partial charge on any atom is -0.390 e. The third-order valence-corrected chi connectivity index (χ3v) is 3.34. The summed E-state index contributed by atoms with van der Waals surface area (Å²) < 4.78 is 0. The SMILES string of the molecule is OC1CCCC2CCC1(O)C2. The van der Waals surface area contributed by atoms with Gasteiger partial charge in [-0.3, -0.25) is 0 Å². The highest BCUT2D eigenvalue weighted by atomic mass is 16.3. The molecule has 2 aliphatic rings. The Labute approximate surface area is 67.2 Å². The zero-order valence-corrected chi connectivity index (χ0v) is 6.79. The molecular formula is C9H16O2. The van der Waals surface area contributed by atoms with E-state index in [0.717, 1.165) is 32.1 Å². The molecular weight excluding hydrogens is 140 g/mol. The van der Waals surface area contributed by atoms with Gasteiger partial charge >= 0.3 is 0 Å². The summed E-state index contributed by atoms with van der Waals surface area (Å²) in [7, 11) is 0. The van der Waals surface area contributed by atoms with E-state index in [1.54, 1.807) is 0 Å². The van der Waals surface area contributed by atoms with Gasteiger partial charge in [0.2, 0.25) is 0 Å². The van der Waals surface area contributed by atoms with Gasteiger partial charge in [-0.1, -0.05) is 12.8 Å². The summed E-state index contributed by atoms with van der Waals surface area (Å²) in [5.41, 5.74) is -0.707. The van der Waals surface area contributed by atoms with E-state index in [9.17, 15) is 10.2 Å². The molecule has 0 saturated heterocycles. The molecule has 2 rings (SSSR count). The van der Waals surface area contributed by atoms with Crippen molar-refractivity contribution >= 4 is 0 Å². The maximum Gasteiger partial charge on any atom is 0.0908 e. The van der Waals surface area contributed by atoms with Crippen LogP contribution in [0.15, 0.2) is 0 Å². The van der Waals surface area contributed by atoms with Crippen molar-refractivity contribution in [1.29, 1.82) is 0 Å². The quantitative estimate of drug-likeness (QED) is 0.550. The summed E-state index contributed by atoms with van der Waals surface area (Å²) in [5.74, 6) is 0.692. The monoisotopic (exact) mass is 156 g/mol. The smallest absolute Gasteiger partial charge is 0.0908 e. The molecule has 2 heteroatoms. The van der Waals surface area contributed by atoms with E-state index in [0.29, 0.717) is 5.92 Å². The van der Waals surface area contributed by atoms with Gasteiger partial charge in [-0.15, -0.1) is 0 Å². The van der Waals surface area contributed by atoms with Crippen molar-refractivity contribution in [2.45, 2.75) is 50.2 Å². The first-order valence-corrected chi connectivity index (χ1v) is 4.61. The molecule has 2 N–H and O–H groups in total. The van der Waals surface area contributed by atoms with Crippen molar-refractivity contribution in [2.75, 3.05) is 0 Å². The first-order valence-electron chi connectivity index (χ1n) is 4.61. The van der Waals surface area contributed by atoms with E-state index in [1.165, 1.54) is 6.42 Å². The minimum atomic E-state index is -0.707. The highest BCUT2D eigenvalue weighted by Crippen LogP contribution is 2.43. The van der Waals surface area contributed by atoms with Crippen LogP contribution in [0.25, 0.3) is 0 Å². The Hall–Kier alpha value is -0.0800. The zero-order valence-electron chi connectivity index (χ0n) is 6.79. The van der Waals surface area contributed by atoms with Crippen molar-refractivity contribution < 1.29 is 10.2 Å². The Morgan fingerprint density at radius 2 is 2.00 bits per heavy atom. The topological polar surface area (TPSA) is 40.5 Å². The standard InChI is InChI=1S/C9H16O2/c10-8-3-1-2-7-4-5-9(8,11)6-7/h7-8,10-11H,1-6H2. The van der Waals surface area contributed by atoms with Crippen LogP contribution in [0.4, 0.5) is 0 Å². The summed E-state index contributed by atoms with van der Waals surface area (Å²) in [6.45, 7) is 0. The van der Waals surface area contributed by atoms with E-state index in [1.807, 2.05) is 0 Å². The molecule has 0 aliphatic heterocycles. The second-order valence-electron chi connectivity index (χ2n) is 4.16. The minimum absolute atomic E-state index is 0.449. The molecule has 0 aromatic heterocycles. The Balaban J connectivity index is 2.15. The van der Waals surface area contributed by atoms with Crippen LogP contribution < -0.4 is 0 Å². The Morgan fingerprint density at radius 3 is 2.82 bits per heavy atom. The molecule has 0 heterocycles. The molecule has 3 atom stereocenters. The lowest BCUT2D eigenvalue weighted by Crippen LogP contribution is -2.38. The Kier molecular flexibility index (Phi) is 1.69. The van der Waals surface area contributed by atoms with Gasteiger partial charge in [-0.05, 0) is 31.6 Å². The molecule has 2 saturated carbocycles.